The number of piperidine rings is 1. The SMILES string of the molecule is CCOC(=O)C(N)C(=O)N1CCC(N(CC)CC)CC1. The first-order valence-electron chi connectivity index (χ1n) is 7.50. The number of hydrogen-bond acceptors (Lipinski definition) is 5. The first kappa shape index (κ1) is 16.9. The van der Waals surface area contributed by atoms with Crippen LogP contribution in [0.15, 0.2) is 0 Å². The minimum Gasteiger partial charge on any atom is -0.464 e. The standard InChI is InChI=1S/C14H27N3O3/c1-4-16(5-2)11-7-9-17(10-8-11)13(18)12(15)14(19)20-6-3/h11-12H,4-10,15H2,1-3H3. The fourth-order valence-corrected chi connectivity index (χ4v) is 2.72. The van der Waals surface area contributed by atoms with E-state index in [4.69, 9.17) is 10.5 Å². The summed E-state index contributed by atoms with van der Waals surface area (Å²) in [5.74, 6) is -0.954. The van der Waals surface area contributed by atoms with Gasteiger partial charge in [0.05, 0.1) is 6.61 Å². The molecule has 0 radical (unpaired) electrons. The molecule has 1 atom stereocenters. The van der Waals surface area contributed by atoms with E-state index in [-0.39, 0.29) is 12.5 Å². The van der Waals surface area contributed by atoms with Gasteiger partial charge in [-0.05, 0) is 32.9 Å². The summed E-state index contributed by atoms with van der Waals surface area (Å²) in [7, 11) is 0. The maximum atomic E-state index is 12.1. The van der Waals surface area contributed by atoms with Gasteiger partial charge in [0.15, 0.2) is 6.04 Å². The van der Waals surface area contributed by atoms with Crippen LogP contribution in [0.2, 0.25) is 0 Å². The summed E-state index contributed by atoms with van der Waals surface area (Å²) >= 11 is 0. The highest BCUT2D eigenvalue weighted by molar-refractivity contribution is 6.01. The van der Waals surface area contributed by atoms with Crippen molar-refractivity contribution in [2.24, 2.45) is 5.73 Å². The lowest BCUT2D eigenvalue weighted by atomic mass is 10.0. The Labute approximate surface area is 121 Å². The topological polar surface area (TPSA) is 75.9 Å². The molecule has 0 spiro atoms. The number of carbonyl (C=O) groups excluding carboxylic acids is 2. The van der Waals surface area contributed by atoms with E-state index in [0.717, 1.165) is 25.9 Å². The molecule has 1 fully saturated rings. The van der Waals surface area contributed by atoms with E-state index >= 15 is 0 Å². The van der Waals surface area contributed by atoms with E-state index in [1.54, 1.807) is 11.8 Å². The minimum absolute atomic E-state index is 0.240. The number of hydrogen-bond donors (Lipinski definition) is 1. The van der Waals surface area contributed by atoms with Crippen molar-refractivity contribution in [1.82, 2.24) is 9.80 Å². The lowest BCUT2D eigenvalue weighted by Gasteiger charge is -2.38. The number of esters is 1. The maximum absolute atomic E-state index is 12.1. The van der Waals surface area contributed by atoms with Crippen LogP contribution in [-0.2, 0) is 14.3 Å². The Morgan fingerprint density at radius 2 is 1.80 bits per heavy atom. The number of nitrogens with zero attached hydrogens (tertiary/aromatic N) is 2. The molecule has 1 unspecified atom stereocenters. The number of nitrogens with two attached hydrogens (primary N) is 1. The Kier molecular flexibility index (Phi) is 6.95. The Morgan fingerprint density at radius 1 is 1.25 bits per heavy atom. The first-order valence-corrected chi connectivity index (χ1v) is 7.50. The molecule has 6 heteroatoms. The van der Waals surface area contributed by atoms with Crippen molar-refractivity contribution in [2.75, 3.05) is 32.8 Å². The zero-order chi connectivity index (χ0) is 15.1. The highest BCUT2D eigenvalue weighted by Gasteiger charge is 2.31. The predicted molar refractivity (Wildman–Crippen MR) is 77.1 cm³/mol. The van der Waals surface area contributed by atoms with Gasteiger partial charge in [-0.1, -0.05) is 13.8 Å². The molecule has 6 nitrogen and oxygen atoms in total. The zero-order valence-electron chi connectivity index (χ0n) is 12.8. The molecule has 2 N–H and O–H groups in total. The van der Waals surface area contributed by atoms with E-state index in [1.165, 1.54) is 0 Å². The molecule has 0 saturated carbocycles. The molecule has 1 aliphatic heterocycles. The summed E-state index contributed by atoms with van der Waals surface area (Å²) in [6.07, 6.45) is 1.87. The summed E-state index contributed by atoms with van der Waals surface area (Å²) in [6, 6.07) is -0.659. The first-order chi connectivity index (χ1) is 9.54. The third-order valence-corrected chi connectivity index (χ3v) is 3.91. The van der Waals surface area contributed by atoms with E-state index in [1.807, 2.05) is 0 Å². The largest absolute Gasteiger partial charge is 0.464 e. The molecular weight excluding hydrogens is 258 g/mol. The van der Waals surface area contributed by atoms with E-state index in [9.17, 15) is 9.59 Å². The molecule has 1 amide bonds. The van der Waals surface area contributed by atoms with Crippen LogP contribution in [0.5, 0.6) is 0 Å². The van der Waals surface area contributed by atoms with Gasteiger partial charge in [-0.3, -0.25) is 4.79 Å². The fourth-order valence-electron chi connectivity index (χ4n) is 2.72. The van der Waals surface area contributed by atoms with Gasteiger partial charge < -0.3 is 20.3 Å². The summed E-state index contributed by atoms with van der Waals surface area (Å²) < 4.78 is 4.79. The predicted octanol–water partition coefficient (Wildman–Crippen LogP) is 0.210. The summed E-state index contributed by atoms with van der Waals surface area (Å²) in [6.45, 7) is 9.61. The Bertz CT molecular complexity index is 324. The van der Waals surface area contributed by atoms with Crippen molar-refractivity contribution in [3.8, 4) is 0 Å². The molecule has 1 rings (SSSR count). The molecule has 1 heterocycles. The lowest BCUT2D eigenvalue weighted by Crippen LogP contribution is -2.53. The average Bonchev–Trinajstić information content (AvgIpc) is 2.48. The fraction of sp³-hybridized carbons (Fsp3) is 0.857. The zero-order valence-corrected chi connectivity index (χ0v) is 12.8. The van der Waals surface area contributed by atoms with E-state index < -0.39 is 12.0 Å². The lowest BCUT2D eigenvalue weighted by molar-refractivity contribution is -0.151. The maximum Gasteiger partial charge on any atom is 0.332 e. The van der Waals surface area contributed by atoms with E-state index in [2.05, 4.69) is 18.7 Å². The smallest absolute Gasteiger partial charge is 0.332 e. The molecule has 0 bridgehead atoms. The molecule has 1 aliphatic rings. The molecule has 116 valence electrons. The summed E-state index contributed by atoms with van der Waals surface area (Å²) in [5.41, 5.74) is 5.65. The Morgan fingerprint density at radius 3 is 2.25 bits per heavy atom. The second-order valence-electron chi connectivity index (χ2n) is 5.01. The highest BCUT2D eigenvalue weighted by atomic mass is 16.5. The van der Waals surface area contributed by atoms with E-state index in [0.29, 0.717) is 19.1 Å². The van der Waals surface area contributed by atoms with Gasteiger partial charge in [0.25, 0.3) is 5.91 Å². The van der Waals surface area contributed by atoms with Crippen molar-refractivity contribution < 1.29 is 14.3 Å². The van der Waals surface area contributed by atoms with Gasteiger partial charge in [-0.15, -0.1) is 0 Å². The molecule has 0 aromatic rings. The van der Waals surface area contributed by atoms with Crippen molar-refractivity contribution in [1.29, 1.82) is 0 Å². The van der Waals surface area contributed by atoms with Crippen LogP contribution >= 0.6 is 0 Å². The van der Waals surface area contributed by atoms with Crippen LogP contribution in [0.4, 0.5) is 0 Å². The van der Waals surface area contributed by atoms with Crippen molar-refractivity contribution in [3.63, 3.8) is 0 Å². The summed E-state index contributed by atoms with van der Waals surface area (Å²) in [5, 5.41) is 0. The van der Waals surface area contributed by atoms with Crippen LogP contribution in [0.1, 0.15) is 33.6 Å². The van der Waals surface area contributed by atoms with Crippen LogP contribution in [-0.4, -0.2) is 66.5 Å². The number of likely N-dealkylation sites (tertiary alicyclic amines) is 1. The van der Waals surface area contributed by atoms with Gasteiger partial charge in [-0.2, -0.15) is 0 Å². The molecule has 1 saturated heterocycles. The Balaban J connectivity index is 2.48. The second kappa shape index (κ2) is 8.21. The van der Waals surface area contributed by atoms with Crippen LogP contribution < -0.4 is 5.73 Å². The highest BCUT2D eigenvalue weighted by Crippen LogP contribution is 2.16. The van der Waals surface area contributed by atoms with Gasteiger partial charge in [-0.25, -0.2) is 4.79 Å². The number of rotatable bonds is 6. The van der Waals surface area contributed by atoms with Crippen LogP contribution in [0.3, 0.4) is 0 Å². The van der Waals surface area contributed by atoms with Gasteiger partial charge in [0.1, 0.15) is 0 Å². The number of carbonyl (C=O) groups is 2. The van der Waals surface area contributed by atoms with Crippen molar-refractivity contribution in [3.05, 3.63) is 0 Å². The minimum atomic E-state index is -1.18. The monoisotopic (exact) mass is 285 g/mol. The third-order valence-electron chi connectivity index (χ3n) is 3.91. The average molecular weight is 285 g/mol. The van der Waals surface area contributed by atoms with Crippen molar-refractivity contribution in [2.45, 2.75) is 45.7 Å². The summed E-state index contributed by atoms with van der Waals surface area (Å²) in [4.78, 5) is 27.7. The van der Waals surface area contributed by atoms with Gasteiger partial charge in [0.2, 0.25) is 0 Å². The molecular formula is C14H27N3O3. The van der Waals surface area contributed by atoms with Gasteiger partial charge >= 0.3 is 5.97 Å². The number of amides is 1. The number of ether oxygens (including phenoxy) is 1. The quantitative estimate of drug-likeness (QED) is 0.558. The van der Waals surface area contributed by atoms with Crippen molar-refractivity contribution >= 4 is 11.9 Å². The molecule has 0 aromatic carbocycles. The van der Waals surface area contributed by atoms with Crippen LogP contribution in [0, 0.1) is 0 Å². The normalized spacial score (nSPS) is 18.1. The molecule has 20 heavy (non-hydrogen) atoms. The van der Waals surface area contributed by atoms with Gasteiger partial charge in [0, 0.05) is 19.1 Å². The molecule has 0 aromatic heterocycles. The molecule has 0 aliphatic carbocycles. The second-order valence-corrected chi connectivity index (χ2v) is 5.01. The van der Waals surface area contributed by atoms with Crippen LogP contribution in [0.25, 0.3) is 0 Å². The third kappa shape index (κ3) is 4.18. The Hall–Kier alpha value is -1.14.